The molecule has 0 amide bonds. The van der Waals surface area contributed by atoms with Crippen molar-refractivity contribution in [3.05, 3.63) is 29.6 Å². The van der Waals surface area contributed by atoms with E-state index in [1.165, 1.54) is 0 Å². The molecule has 0 unspecified atom stereocenters. The van der Waals surface area contributed by atoms with E-state index in [0.717, 1.165) is 30.9 Å². The molecule has 2 nitrogen and oxygen atoms in total. The van der Waals surface area contributed by atoms with Crippen molar-refractivity contribution in [1.82, 2.24) is 5.32 Å². The van der Waals surface area contributed by atoms with Gasteiger partial charge in [0.1, 0.15) is 5.82 Å². The van der Waals surface area contributed by atoms with E-state index < -0.39 is 0 Å². The van der Waals surface area contributed by atoms with Gasteiger partial charge in [-0.1, -0.05) is 19.9 Å². The van der Waals surface area contributed by atoms with Crippen molar-refractivity contribution < 1.29 is 4.39 Å². The first-order valence-electron chi connectivity index (χ1n) is 6.35. The number of anilines is 1. The minimum Gasteiger partial charge on any atom is -0.369 e. The number of hydrogen-bond donors (Lipinski definition) is 1. The molecule has 1 fully saturated rings. The molecule has 2 rings (SSSR count). The van der Waals surface area contributed by atoms with Crippen LogP contribution in [0.4, 0.5) is 10.1 Å². The maximum atomic E-state index is 13.9. The highest BCUT2D eigenvalue weighted by Gasteiger charge is 2.17. The second-order valence-electron chi connectivity index (χ2n) is 5.16. The number of nitrogens with zero attached hydrogens (tertiary/aromatic N) is 1. The van der Waals surface area contributed by atoms with Crippen LogP contribution >= 0.6 is 0 Å². The fourth-order valence-corrected chi connectivity index (χ4v) is 2.35. The van der Waals surface area contributed by atoms with Crippen LogP contribution in [0.2, 0.25) is 0 Å². The standard InChI is InChI=1S/C14H21FN2/c1-10(2)13-5-4-12(8-14(13)15)17-7-6-16-11(3)9-17/h4-5,8,10-11,16H,6-7,9H2,1-3H3/t11-/m1/s1. The van der Waals surface area contributed by atoms with E-state index in [-0.39, 0.29) is 11.7 Å². The van der Waals surface area contributed by atoms with Crippen molar-refractivity contribution in [2.24, 2.45) is 0 Å². The van der Waals surface area contributed by atoms with Gasteiger partial charge in [-0.2, -0.15) is 0 Å². The van der Waals surface area contributed by atoms with E-state index in [1.807, 2.05) is 26.0 Å². The van der Waals surface area contributed by atoms with Crippen LogP contribution in [0.25, 0.3) is 0 Å². The molecule has 0 aromatic heterocycles. The molecule has 1 N–H and O–H groups in total. The average Bonchev–Trinajstić information content (AvgIpc) is 2.28. The van der Waals surface area contributed by atoms with Gasteiger partial charge in [0.15, 0.2) is 0 Å². The Bertz CT molecular complexity index is 390. The normalized spacial score (nSPS) is 21.0. The summed E-state index contributed by atoms with van der Waals surface area (Å²) in [6.45, 7) is 9.06. The fraction of sp³-hybridized carbons (Fsp3) is 0.571. The molecule has 0 radical (unpaired) electrons. The van der Waals surface area contributed by atoms with Crippen LogP contribution in [0, 0.1) is 5.82 Å². The van der Waals surface area contributed by atoms with Gasteiger partial charge in [0, 0.05) is 31.4 Å². The third kappa shape index (κ3) is 2.78. The van der Waals surface area contributed by atoms with Gasteiger partial charge in [-0.3, -0.25) is 0 Å². The lowest BCUT2D eigenvalue weighted by molar-refractivity contribution is 0.484. The van der Waals surface area contributed by atoms with Crippen molar-refractivity contribution in [2.45, 2.75) is 32.7 Å². The first kappa shape index (κ1) is 12.4. The lowest BCUT2D eigenvalue weighted by Crippen LogP contribution is -2.49. The van der Waals surface area contributed by atoms with Crippen molar-refractivity contribution in [2.75, 3.05) is 24.5 Å². The fourth-order valence-electron chi connectivity index (χ4n) is 2.35. The maximum Gasteiger partial charge on any atom is 0.128 e. The second-order valence-corrected chi connectivity index (χ2v) is 5.16. The molecule has 1 aromatic carbocycles. The van der Waals surface area contributed by atoms with E-state index in [2.05, 4.69) is 17.1 Å². The Morgan fingerprint density at radius 2 is 2.18 bits per heavy atom. The van der Waals surface area contributed by atoms with Gasteiger partial charge in [0.25, 0.3) is 0 Å². The summed E-state index contributed by atoms with van der Waals surface area (Å²) in [4.78, 5) is 2.24. The van der Waals surface area contributed by atoms with E-state index in [0.29, 0.717) is 6.04 Å². The molecular formula is C14H21FN2. The average molecular weight is 236 g/mol. The topological polar surface area (TPSA) is 15.3 Å². The number of benzene rings is 1. The van der Waals surface area contributed by atoms with Crippen molar-refractivity contribution in [1.29, 1.82) is 0 Å². The Kier molecular flexibility index (Phi) is 3.67. The Morgan fingerprint density at radius 1 is 1.41 bits per heavy atom. The molecular weight excluding hydrogens is 215 g/mol. The molecule has 17 heavy (non-hydrogen) atoms. The third-order valence-corrected chi connectivity index (χ3v) is 3.34. The van der Waals surface area contributed by atoms with Crippen LogP contribution < -0.4 is 10.2 Å². The smallest absolute Gasteiger partial charge is 0.128 e. The van der Waals surface area contributed by atoms with Crippen LogP contribution in [0.15, 0.2) is 18.2 Å². The van der Waals surface area contributed by atoms with Gasteiger partial charge in [0.2, 0.25) is 0 Å². The Labute approximate surface area is 103 Å². The molecule has 0 spiro atoms. The molecule has 0 aliphatic carbocycles. The molecule has 1 saturated heterocycles. The third-order valence-electron chi connectivity index (χ3n) is 3.34. The van der Waals surface area contributed by atoms with Crippen LogP contribution in [-0.4, -0.2) is 25.7 Å². The summed E-state index contributed by atoms with van der Waals surface area (Å²) in [6, 6.07) is 6.10. The predicted molar refractivity (Wildman–Crippen MR) is 70.2 cm³/mol. The van der Waals surface area contributed by atoms with E-state index in [1.54, 1.807) is 6.07 Å². The molecule has 1 aliphatic rings. The summed E-state index contributed by atoms with van der Waals surface area (Å²) in [6.07, 6.45) is 0. The van der Waals surface area contributed by atoms with Crippen molar-refractivity contribution in [3.8, 4) is 0 Å². The molecule has 3 heteroatoms. The minimum atomic E-state index is -0.0799. The summed E-state index contributed by atoms with van der Waals surface area (Å²) >= 11 is 0. The molecule has 1 aliphatic heterocycles. The summed E-state index contributed by atoms with van der Waals surface area (Å²) in [5, 5.41) is 3.39. The van der Waals surface area contributed by atoms with Crippen LogP contribution in [-0.2, 0) is 0 Å². The van der Waals surface area contributed by atoms with Crippen LogP contribution in [0.5, 0.6) is 0 Å². The lowest BCUT2D eigenvalue weighted by Gasteiger charge is -2.33. The summed E-state index contributed by atoms with van der Waals surface area (Å²) in [5.41, 5.74) is 1.80. The van der Waals surface area contributed by atoms with E-state index in [4.69, 9.17) is 0 Å². The molecule has 1 atom stereocenters. The predicted octanol–water partition coefficient (Wildman–Crippen LogP) is 2.75. The SMILES string of the molecule is CC(C)c1ccc(N2CCN[C@H](C)C2)cc1F. The number of rotatable bonds is 2. The molecule has 0 bridgehead atoms. The van der Waals surface area contributed by atoms with Gasteiger partial charge >= 0.3 is 0 Å². The second kappa shape index (κ2) is 5.05. The Hall–Kier alpha value is -1.09. The highest BCUT2D eigenvalue weighted by Crippen LogP contribution is 2.24. The summed E-state index contributed by atoms with van der Waals surface area (Å²) < 4.78 is 13.9. The maximum absolute atomic E-state index is 13.9. The van der Waals surface area contributed by atoms with Gasteiger partial charge < -0.3 is 10.2 Å². The first-order chi connectivity index (χ1) is 8.08. The lowest BCUT2D eigenvalue weighted by atomic mass is 10.0. The monoisotopic (exact) mass is 236 g/mol. The molecule has 0 saturated carbocycles. The zero-order chi connectivity index (χ0) is 12.4. The summed E-state index contributed by atoms with van der Waals surface area (Å²) in [5.74, 6) is 0.162. The first-order valence-corrected chi connectivity index (χ1v) is 6.35. The number of hydrogen-bond acceptors (Lipinski definition) is 2. The quantitative estimate of drug-likeness (QED) is 0.849. The zero-order valence-electron chi connectivity index (χ0n) is 10.8. The van der Waals surface area contributed by atoms with Gasteiger partial charge in [0.05, 0.1) is 0 Å². The molecule has 1 aromatic rings. The zero-order valence-corrected chi connectivity index (χ0v) is 10.8. The number of nitrogens with one attached hydrogen (secondary N) is 1. The van der Waals surface area contributed by atoms with Crippen molar-refractivity contribution >= 4 is 5.69 Å². The van der Waals surface area contributed by atoms with Gasteiger partial charge in [-0.05, 0) is 30.5 Å². The van der Waals surface area contributed by atoms with Gasteiger partial charge in [-0.15, -0.1) is 0 Å². The highest BCUT2D eigenvalue weighted by molar-refractivity contribution is 5.49. The Morgan fingerprint density at radius 3 is 2.76 bits per heavy atom. The highest BCUT2D eigenvalue weighted by atomic mass is 19.1. The molecule has 1 heterocycles. The minimum absolute atomic E-state index is 0.0799. The number of halogens is 1. The largest absolute Gasteiger partial charge is 0.369 e. The van der Waals surface area contributed by atoms with Crippen molar-refractivity contribution in [3.63, 3.8) is 0 Å². The number of piperazine rings is 1. The summed E-state index contributed by atoms with van der Waals surface area (Å²) in [7, 11) is 0. The van der Waals surface area contributed by atoms with E-state index in [9.17, 15) is 4.39 Å². The van der Waals surface area contributed by atoms with E-state index >= 15 is 0 Å². The Balaban J connectivity index is 2.19. The molecule has 94 valence electrons. The van der Waals surface area contributed by atoms with Crippen LogP contribution in [0.1, 0.15) is 32.3 Å². The van der Waals surface area contributed by atoms with Gasteiger partial charge in [-0.25, -0.2) is 4.39 Å². The van der Waals surface area contributed by atoms with Crippen LogP contribution in [0.3, 0.4) is 0 Å².